The molecular formula is C21H20N2O3S. The zero-order valence-electron chi connectivity index (χ0n) is 15.1. The van der Waals surface area contributed by atoms with Crippen LogP contribution in [0.3, 0.4) is 0 Å². The number of hydrogen-bond donors (Lipinski definition) is 1. The van der Waals surface area contributed by atoms with E-state index in [9.17, 15) is 4.79 Å². The molecule has 1 heterocycles. The topological polar surface area (TPSA) is 59.9 Å². The summed E-state index contributed by atoms with van der Waals surface area (Å²) in [4.78, 5) is 13.2. The van der Waals surface area contributed by atoms with E-state index in [2.05, 4.69) is 10.5 Å². The highest BCUT2D eigenvalue weighted by Crippen LogP contribution is 2.28. The number of carbonyl (C=O) groups is 1. The number of methoxy groups -OCH3 is 1. The number of aryl methyl sites for hydroxylation is 1. The van der Waals surface area contributed by atoms with Crippen molar-refractivity contribution in [3.63, 3.8) is 0 Å². The lowest BCUT2D eigenvalue weighted by atomic mass is 10.1. The van der Waals surface area contributed by atoms with Gasteiger partial charge in [-0.05, 0) is 54.3 Å². The average Bonchev–Trinajstić information content (AvgIpc) is 3.21. The summed E-state index contributed by atoms with van der Waals surface area (Å²) in [6, 6.07) is 16.8. The Kier molecular flexibility index (Phi) is 6.22. The van der Waals surface area contributed by atoms with Crippen molar-refractivity contribution in [3.8, 4) is 11.5 Å². The number of benzene rings is 2. The van der Waals surface area contributed by atoms with E-state index in [1.54, 1.807) is 36.8 Å². The molecule has 5 nitrogen and oxygen atoms in total. The third-order valence-corrected chi connectivity index (χ3v) is 4.68. The standard InChI is InChI=1S/C21H20N2O3S/c1-15-5-8-17(9-6-15)21(24)23-22-13-16-7-10-19(20(12-16)25-2)26-14-18-4-3-11-27-18/h3-13H,14H2,1-2H3,(H,23,24)/b22-13-. The number of amides is 1. The molecule has 0 fully saturated rings. The minimum atomic E-state index is -0.255. The maximum atomic E-state index is 12.1. The lowest BCUT2D eigenvalue weighted by molar-refractivity contribution is 0.0955. The Morgan fingerprint density at radius 3 is 2.67 bits per heavy atom. The van der Waals surface area contributed by atoms with Crippen LogP contribution in [0.2, 0.25) is 0 Å². The zero-order chi connectivity index (χ0) is 19.1. The SMILES string of the molecule is COc1cc(/C=N\NC(=O)c2ccc(C)cc2)ccc1OCc1cccs1. The van der Waals surface area contributed by atoms with Gasteiger partial charge in [0.05, 0.1) is 13.3 Å². The Morgan fingerprint density at radius 2 is 1.96 bits per heavy atom. The van der Waals surface area contributed by atoms with Crippen molar-refractivity contribution in [1.82, 2.24) is 5.43 Å². The van der Waals surface area contributed by atoms with Gasteiger partial charge in [0.15, 0.2) is 11.5 Å². The van der Waals surface area contributed by atoms with Crippen molar-refractivity contribution in [3.05, 3.63) is 81.5 Å². The van der Waals surface area contributed by atoms with Crippen LogP contribution in [0.15, 0.2) is 65.1 Å². The second-order valence-corrected chi connectivity index (χ2v) is 6.88. The van der Waals surface area contributed by atoms with E-state index in [0.717, 1.165) is 16.0 Å². The molecule has 0 spiro atoms. The first-order valence-corrected chi connectivity index (χ1v) is 9.27. The fourth-order valence-corrected chi connectivity index (χ4v) is 2.98. The first-order valence-electron chi connectivity index (χ1n) is 8.39. The summed E-state index contributed by atoms with van der Waals surface area (Å²) in [5.74, 6) is 1.02. The second kappa shape index (κ2) is 9.00. The van der Waals surface area contributed by atoms with Gasteiger partial charge in [-0.2, -0.15) is 5.10 Å². The van der Waals surface area contributed by atoms with E-state index >= 15 is 0 Å². The van der Waals surface area contributed by atoms with Gasteiger partial charge in [-0.3, -0.25) is 4.79 Å². The lowest BCUT2D eigenvalue weighted by Gasteiger charge is -2.10. The van der Waals surface area contributed by atoms with Crippen LogP contribution in [-0.4, -0.2) is 19.2 Å². The summed E-state index contributed by atoms with van der Waals surface area (Å²) < 4.78 is 11.2. The molecule has 0 aliphatic carbocycles. The van der Waals surface area contributed by atoms with Crippen LogP contribution in [0.25, 0.3) is 0 Å². The quantitative estimate of drug-likeness (QED) is 0.488. The monoisotopic (exact) mass is 380 g/mol. The molecule has 0 bridgehead atoms. The average molecular weight is 380 g/mol. The molecule has 0 aliphatic rings. The van der Waals surface area contributed by atoms with Gasteiger partial charge >= 0.3 is 0 Å². The zero-order valence-corrected chi connectivity index (χ0v) is 16.0. The normalized spacial score (nSPS) is 10.7. The van der Waals surface area contributed by atoms with Crippen molar-refractivity contribution in [2.24, 2.45) is 5.10 Å². The van der Waals surface area contributed by atoms with Gasteiger partial charge in [0, 0.05) is 10.4 Å². The summed E-state index contributed by atoms with van der Waals surface area (Å²) in [6.07, 6.45) is 1.57. The molecule has 6 heteroatoms. The van der Waals surface area contributed by atoms with E-state index in [0.29, 0.717) is 23.7 Å². The molecule has 0 saturated carbocycles. The summed E-state index contributed by atoms with van der Waals surface area (Å²) in [5.41, 5.74) is 4.98. The molecule has 27 heavy (non-hydrogen) atoms. The molecular weight excluding hydrogens is 360 g/mol. The molecule has 0 saturated heterocycles. The van der Waals surface area contributed by atoms with Gasteiger partial charge in [-0.25, -0.2) is 5.43 Å². The van der Waals surface area contributed by atoms with Crippen LogP contribution in [0, 0.1) is 6.92 Å². The molecule has 1 N–H and O–H groups in total. The van der Waals surface area contributed by atoms with E-state index in [-0.39, 0.29) is 5.91 Å². The largest absolute Gasteiger partial charge is 0.493 e. The number of carbonyl (C=O) groups excluding carboxylic acids is 1. The van der Waals surface area contributed by atoms with Crippen molar-refractivity contribution in [2.75, 3.05) is 7.11 Å². The molecule has 0 radical (unpaired) electrons. The molecule has 0 atom stereocenters. The molecule has 3 aromatic rings. The fraction of sp³-hybridized carbons (Fsp3) is 0.143. The number of nitrogens with one attached hydrogen (secondary N) is 1. The first-order chi connectivity index (χ1) is 13.2. The number of ether oxygens (including phenoxy) is 2. The van der Waals surface area contributed by atoms with Crippen molar-refractivity contribution in [1.29, 1.82) is 0 Å². The Bertz CT molecular complexity index is 919. The molecule has 3 rings (SSSR count). The van der Waals surface area contributed by atoms with Gasteiger partial charge in [-0.1, -0.05) is 23.8 Å². The lowest BCUT2D eigenvalue weighted by Crippen LogP contribution is -2.17. The molecule has 138 valence electrons. The van der Waals surface area contributed by atoms with Crippen LogP contribution in [0.1, 0.15) is 26.4 Å². The third kappa shape index (κ3) is 5.18. The van der Waals surface area contributed by atoms with Gasteiger partial charge in [0.2, 0.25) is 0 Å². The van der Waals surface area contributed by atoms with E-state index in [1.165, 1.54) is 0 Å². The van der Waals surface area contributed by atoms with Crippen LogP contribution in [-0.2, 0) is 6.61 Å². The van der Waals surface area contributed by atoms with Crippen molar-refractivity contribution in [2.45, 2.75) is 13.5 Å². The van der Waals surface area contributed by atoms with E-state index in [1.807, 2.05) is 54.8 Å². The third-order valence-electron chi connectivity index (χ3n) is 3.83. The fourth-order valence-electron chi connectivity index (χ4n) is 2.36. The van der Waals surface area contributed by atoms with Gasteiger partial charge in [0.1, 0.15) is 6.61 Å². The predicted molar refractivity (Wildman–Crippen MR) is 108 cm³/mol. The van der Waals surface area contributed by atoms with Gasteiger partial charge < -0.3 is 9.47 Å². The Morgan fingerprint density at radius 1 is 1.15 bits per heavy atom. The maximum Gasteiger partial charge on any atom is 0.271 e. The smallest absolute Gasteiger partial charge is 0.271 e. The minimum absolute atomic E-state index is 0.255. The number of nitrogens with zero attached hydrogens (tertiary/aromatic N) is 1. The highest BCUT2D eigenvalue weighted by atomic mass is 32.1. The van der Waals surface area contributed by atoms with Gasteiger partial charge in [0.25, 0.3) is 5.91 Å². The van der Waals surface area contributed by atoms with Crippen LogP contribution in [0.4, 0.5) is 0 Å². The molecule has 0 unspecified atom stereocenters. The van der Waals surface area contributed by atoms with Gasteiger partial charge in [-0.15, -0.1) is 11.3 Å². The van der Waals surface area contributed by atoms with E-state index < -0.39 is 0 Å². The summed E-state index contributed by atoms with van der Waals surface area (Å²) in [7, 11) is 1.59. The summed E-state index contributed by atoms with van der Waals surface area (Å²) in [5, 5.41) is 6.03. The van der Waals surface area contributed by atoms with E-state index in [4.69, 9.17) is 9.47 Å². The number of hydrogen-bond acceptors (Lipinski definition) is 5. The Labute approximate surface area is 162 Å². The molecule has 2 aromatic carbocycles. The summed E-state index contributed by atoms with van der Waals surface area (Å²) in [6.45, 7) is 2.47. The molecule has 1 amide bonds. The Balaban J connectivity index is 1.61. The molecule has 1 aromatic heterocycles. The van der Waals surface area contributed by atoms with Crippen molar-refractivity contribution < 1.29 is 14.3 Å². The highest BCUT2D eigenvalue weighted by Gasteiger charge is 2.07. The highest BCUT2D eigenvalue weighted by molar-refractivity contribution is 7.09. The number of hydrazone groups is 1. The van der Waals surface area contributed by atoms with Crippen LogP contribution >= 0.6 is 11.3 Å². The number of thiophene rings is 1. The first kappa shape index (κ1) is 18.7. The Hall–Kier alpha value is -3.12. The molecule has 0 aliphatic heterocycles. The second-order valence-electron chi connectivity index (χ2n) is 5.84. The maximum absolute atomic E-state index is 12.1. The predicted octanol–water partition coefficient (Wildman–Crippen LogP) is 4.41. The summed E-state index contributed by atoms with van der Waals surface area (Å²) >= 11 is 1.64. The van der Waals surface area contributed by atoms with Crippen molar-refractivity contribution >= 4 is 23.5 Å². The van der Waals surface area contributed by atoms with Crippen LogP contribution in [0.5, 0.6) is 11.5 Å². The van der Waals surface area contributed by atoms with Crippen LogP contribution < -0.4 is 14.9 Å². The minimum Gasteiger partial charge on any atom is -0.493 e. The number of rotatable bonds is 7.